The van der Waals surface area contributed by atoms with Crippen LogP contribution in [-0.4, -0.2) is 11.5 Å². The second-order valence-electron chi connectivity index (χ2n) is 4.67. The fourth-order valence-electron chi connectivity index (χ4n) is 2.10. The van der Waals surface area contributed by atoms with Crippen LogP contribution in [0.2, 0.25) is 5.02 Å². The van der Waals surface area contributed by atoms with E-state index in [9.17, 15) is 0 Å². The van der Waals surface area contributed by atoms with Crippen molar-refractivity contribution in [3.05, 3.63) is 64.4 Å². The maximum atomic E-state index is 5.92. The van der Waals surface area contributed by atoms with Gasteiger partial charge in [0.05, 0.1) is 0 Å². The molecule has 100 valence electrons. The summed E-state index contributed by atoms with van der Waals surface area (Å²) in [5.41, 5.74) is 3.55. The molecular formula is C16H19ClN2. The van der Waals surface area contributed by atoms with Crippen molar-refractivity contribution < 1.29 is 0 Å². The molecule has 0 aliphatic heterocycles. The van der Waals surface area contributed by atoms with E-state index in [0.29, 0.717) is 6.04 Å². The van der Waals surface area contributed by atoms with E-state index in [4.69, 9.17) is 11.6 Å². The van der Waals surface area contributed by atoms with Gasteiger partial charge in [-0.15, -0.1) is 0 Å². The Labute approximate surface area is 119 Å². The van der Waals surface area contributed by atoms with Crippen molar-refractivity contribution in [3.8, 4) is 0 Å². The molecule has 2 aromatic rings. The number of likely N-dealkylation sites (N-methyl/N-ethyl adjacent to an activating group) is 1. The van der Waals surface area contributed by atoms with Crippen molar-refractivity contribution in [2.24, 2.45) is 0 Å². The van der Waals surface area contributed by atoms with Crippen molar-refractivity contribution in [1.29, 1.82) is 0 Å². The Morgan fingerprint density at radius 2 is 1.89 bits per heavy atom. The number of benzene rings is 1. The van der Waals surface area contributed by atoms with E-state index in [1.165, 1.54) is 11.1 Å². The van der Waals surface area contributed by atoms with Crippen LogP contribution in [0.1, 0.15) is 29.8 Å². The first kappa shape index (κ1) is 14.0. The van der Waals surface area contributed by atoms with Gasteiger partial charge in [-0.25, -0.2) is 0 Å². The lowest BCUT2D eigenvalue weighted by Gasteiger charge is -2.18. The normalized spacial score (nSPS) is 12.4. The van der Waals surface area contributed by atoms with Gasteiger partial charge in [0.2, 0.25) is 0 Å². The van der Waals surface area contributed by atoms with Crippen LogP contribution in [0.15, 0.2) is 42.6 Å². The highest BCUT2D eigenvalue weighted by molar-refractivity contribution is 6.30. The highest BCUT2D eigenvalue weighted by atomic mass is 35.5. The van der Waals surface area contributed by atoms with E-state index in [1.807, 2.05) is 25.3 Å². The number of halogens is 1. The first-order chi connectivity index (χ1) is 9.19. The molecule has 0 fully saturated rings. The Hall–Kier alpha value is -1.38. The van der Waals surface area contributed by atoms with Gasteiger partial charge < -0.3 is 5.32 Å². The number of nitrogens with zero attached hydrogens (tertiary/aromatic N) is 1. The molecule has 1 atom stereocenters. The number of aromatic nitrogens is 1. The second kappa shape index (κ2) is 6.69. The molecule has 3 heteroatoms. The van der Waals surface area contributed by atoms with Crippen molar-refractivity contribution in [2.45, 2.75) is 26.3 Å². The third-order valence-corrected chi connectivity index (χ3v) is 3.39. The summed E-state index contributed by atoms with van der Waals surface area (Å²) in [7, 11) is 0. The van der Waals surface area contributed by atoms with Gasteiger partial charge in [0, 0.05) is 23.0 Å². The Kier molecular flexibility index (Phi) is 4.94. The zero-order chi connectivity index (χ0) is 13.7. The minimum atomic E-state index is 0.291. The summed E-state index contributed by atoms with van der Waals surface area (Å²) in [6.07, 6.45) is 2.90. The molecule has 1 unspecified atom stereocenters. The summed E-state index contributed by atoms with van der Waals surface area (Å²) < 4.78 is 0. The molecule has 0 spiro atoms. The number of pyridine rings is 1. The molecule has 0 amide bonds. The smallest absolute Gasteiger partial charge is 0.0406 e. The standard InChI is InChI=1S/C16H19ClN2/c1-3-18-16(14-7-4-12(2)19-11-14)10-13-5-8-15(17)9-6-13/h4-9,11,16,18H,3,10H2,1-2H3. The summed E-state index contributed by atoms with van der Waals surface area (Å²) in [5.74, 6) is 0. The Morgan fingerprint density at radius 3 is 2.47 bits per heavy atom. The topological polar surface area (TPSA) is 24.9 Å². The van der Waals surface area contributed by atoms with E-state index in [-0.39, 0.29) is 0 Å². The van der Waals surface area contributed by atoms with Crippen LogP contribution < -0.4 is 5.32 Å². The average Bonchev–Trinajstić information content (AvgIpc) is 2.42. The zero-order valence-electron chi connectivity index (χ0n) is 11.4. The first-order valence-corrected chi connectivity index (χ1v) is 6.97. The third-order valence-electron chi connectivity index (χ3n) is 3.14. The lowest BCUT2D eigenvalue weighted by atomic mass is 10.00. The Morgan fingerprint density at radius 1 is 1.16 bits per heavy atom. The summed E-state index contributed by atoms with van der Waals surface area (Å²) in [5, 5.41) is 4.29. The fourth-order valence-corrected chi connectivity index (χ4v) is 2.22. The lowest BCUT2D eigenvalue weighted by molar-refractivity contribution is 0.548. The van der Waals surface area contributed by atoms with Crippen LogP contribution in [-0.2, 0) is 6.42 Å². The number of aryl methyl sites for hydroxylation is 1. The van der Waals surface area contributed by atoms with Gasteiger partial charge in [-0.1, -0.05) is 36.7 Å². The lowest BCUT2D eigenvalue weighted by Crippen LogP contribution is -2.23. The van der Waals surface area contributed by atoms with E-state index >= 15 is 0 Å². The van der Waals surface area contributed by atoms with E-state index in [0.717, 1.165) is 23.7 Å². The fraction of sp³-hybridized carbons (Fsp3) is 0.312. The predicted molar refractivity (Wildman–Crippen MR) is 80.5 cm³/mol. The van der Waals surface area contributed by atoms with Crippen LogP contribution in [0.4, 0.5) is 0 Å². The molecule has 2 nitrogen and oxygen atoms in total. The van der Waals surface area contributed by atoms with E-state index < -0.39 is 0 Å². The summed E-state index contributed by atoms with van der Waals surface area (Å²) >= 11 is 5.92. The largest absolute Gasteiger partial charge is 0.310 e. The third kappa shape index (κ3) is 4.05. The summed E-state index contributed by atoms with van der Waals surface area (Å²) in [4.78, 5) is 4.38. The van der Waals surface area contributed by atoms with Crippen molar-refractivity contribution >= 4 is 11.6 Å². The molecule has 0 aliphatic rings. The number of hydrogen-bond donors (Lipinski definition) is 1. The molecule has 0 bridgehead atoms. The molecule has 19 heavy (non-hydrogen) atoms. The van der Waals surface area contributed by atoms with Crippen molar-refractivity contribution in [3.63, 3.8) is 0 Å². The number of nitrogens with one attached hydrogen (secondary N) is 1. The van der Waals surface area contributed by atoms with E-state index in [2.05, 4.69) is 41.5 Å². The SMILES string of the molecule is CCNC(Cc1ccc(Cl)cc1)c1ccc(C)nc1. The second-order valence-corrected chi connectivity index (χ2v) is 5.11. The first-order valence-electron chi connectivity index (χ1n) is 6.59. The number of hydrogen-bond acceptors (Lipinski definition) is 2. The highest BCUT2D eigenvalue weighted by Crippen LogP contribution is 2.19. The summed E-state index contributed by atoms with van der Waals surface area (Å²) in [6.45, 7) is 5.06. The number of rotatable bonds is 5. The van der Waals surface area contributed by atoms with Crippen molar-refractivity contribution in [2.75, 3.05) is 6.54 Å². The summed E-state index contributed by atoms with van der Waals surface area (Å²) in [6, 6.07) is 12.5. The van der Waals surface area contributed by atoms with Gasteiger partial charge in [-0.05, 0) is 49.2 Å². The van der Waals surface area contributed by atoms with Crippen LogP contribution >= 0.6 is 11.6 Å². The molecule has 1 N–H and O–H groups in total. The minimum Gasteiger partial charge on any atom is -0.310 e. The van der Waals surface area contributed by atoms with Crippen LogP contribution in [0, 0.1) is 6.92 Å². The Bertz CT molecular complexity index is 505. The minimum absolute atomic E-state index is 0.291. The van der Waals surface area contributed by atoms with Gasteiger partial charge in [0.15, 0.2) is 0 Å². The van der Waals surface area contributed by atoms with Crippen LogP contribution in [0.5, 0.6) is 0 Å². The van der Waals surface area contributed by atoms with Gasteiger partial charge >= 0.3 is 0 Å². The molecule has 1 heterocycles. The predicted octanol–water partition coefficient (Wildman–Crippen LogP) is 3.94. The van der Waals surface area contributed by atoms with Crippen molar-refractivity contribution in [1.82, 2.24) is 10.3 Å². The average molecular weight is 275 g/mol. The molecule has 1 aromatic heterocycles. The van der Waals surface area contributed by atoms with E-state index in [1.54, 1.807) is 0 Å². The van der Waals surface area contributed by atoms with Crippen LogP contribution in [0.25, 0.3) is 0 Å². The van der Waals surface area contributed by atoms with Crippen LogP contribution in [0.3, 0.4) is 0 Å². The quantitative estimate of drug-likeness (QED) is 0.893. The van der Waals surface area contributed by atoms with Gasteiger partial charge in [-0.3, -0.25) is 4.98 Å². The molecule has 0 saturated heterocycles. The molecule has 1 aromatic carbocycles. The molecule has 0 radical (unpaired) electrons. The highest BCUT2D eigenvalue weighted by Gasteiger charge is 2.11. The van der Waals surface area contributed by atoms with Gasteiger partial charge in [-0.2, -0.15) is 0 Å². The maximum absolute atomic E-state index is 5.92. The monoisotopic (exact) mass is 274 g/mol. The maximum Gasteiger partial charge on any atom is 0.0406 e. The zero-order valence-corrected chi connectivity index (χ0v) is 12.1. The van der Waals surface area contributed by atoms with Gasteiger partial charge in [0.25, 0.3) is 0 Å². The molecule has 0 saturated carbocycles. The van der Waals surface area contributed by atoms with Gasteiger partial charge in [0.1, 0.15) is 0 Å². The Balaban J connectivity index is 2.15. The molecular weight excluding hydrogens is 256 g/mol. The molecule has 2 rings (SSSR count). The molecule has 0 aliphatic carbocycles.